The van der Waals surface area contributed by atoms with Gasteiger partial charge in [0.25, 0.3) is 0 Å². The van der Waals surface area contributed by atoms with Crippen LogP contribution in [0.1, 0.15) is 18.9 Å². The number of hydrogen-bond donors (Lipinski definition) is 1. The Hall–Kier alpha value is -0.450. The zero-order chi connectivity index (χ0) is 12.3. The zero-order valence-corrected chi connectivity index (χ0v) is 11.6. The molecule has 0 bridgehead atoms. The highest BCUT2D eigenvalue weighted by molar-refractivity contribution is 9.10. The molecule has 1 heterocycles. The van der Waals surface area contributed by atoms with Gasteiger partial charge in [0.15, 0.2) is 0 Å². The van der Waals surface area contributed by atoms with Crippen LogP contribution in [0, 0.1) is 5.82 Å². The van der Waals surface area contributed by atoms with Gasteiger partial charge in [-0.25, -0.2) is 4.39 Å². The molecule has 1 fully saturated rings. The summed E-state index contributed by atoms with van der Waals surface area (Å²) >= 11 is 3.39. The second-order valence-corrected chi connectivity index (χ2v) is 5.60. The van der Waals surface area contributed by atoms with Gasteiger partial charge in [-0.1, -0.05) is 15.9 Å². The fourth-order valence-corrected chi connectivity index (χ4v) is 2.65. The van der Waals surface area contributed by atoms with Gasteiger partial charge in [0.2, 0.25) is 0 Å². The van der Waals surface area contributed by atoms with E-state index in [1.54, 1.807) is 6.07 Å². The van der Waals surface area contributed by atoms with E-state index < -0.39 is 0 Å². The van der Waals surface area contributed by atoms with E-state index in [-0.39, 0.29) is 5.82 Å². The van der Waals surface area contributed by atoms with Gasteiger partial charge in [0.05, 0.1) is 0 Å². The molecule has 1 aliphatic rings. The largest absolute Gasteiger partial charge is 0.313 e. The Bertz CT molecular complexity index is 384. The van der Waals surface area contributed by atoms with Crippen LogP contribution < -0.4 is 5.32 Å². The number of halogens is 2. The normalized spacial score (nSPS) is 22.4. The van der Waals surface area contributed by atoms with Gasteiger partial charge in [-0.3, -0.25) is 4.90 Å². The molecule has 0 aromatic heterocycles. The van der Waals surface area contributed by atoms with Crippen LogP contribution in [-0.4, -0.2) is 30.6 Å². The van der Waals surface area contributed by atoms with Crippen molar-refractivity contribution in [3.05, 3.63) is 34.1 Å². The van der Waals surface area contributed by atoms with Gasteiger partial charge in [-0.2, -0.15) is 0 Å². The molecule has 1 N–H and O–H groups in total. The molecule has 0 saturated carbocycles. The summed E-state index contributed by atoms with van der Waals surface area (Å²) in [6.07, 6.45) is 1.12. The molecule has 1 aromatic rings. The summed E-state index contributed by atoms with van der Waals surface area (Å²) in [6.45, 7) is 5.93. The molecule has 0 radical (unpaired) electrons. The Balaban J connectivity index is 2.06. The predicted octanol–water partition coefficient (Wildman–Crippen LogP) is 2.77. The molecule has 1 unspecified atom stereocenters. The Labute approximate surface area is 110 Å². The van der Waals surface area contributed by atoms with Crippen LogP contribution >= 0.6 is 15.9 Å². The number of benzene rings is 1. The van der Waals surface area contributed by atoms with Crippen LogP contribution in [0.25, 0.3) is 0 Å². The molecule has 0 spiro atoms. The second-order valence-electron chi connectivity index (χ2n) is 4.68. The first-order valence-electron chi connectivity index (χ1n) is 6.05. The SMILES string of the molecule is CC1CN(Cc2cc(Br)ccc2F)CCCN1. The van der Waals surface area contributed by atoms with Crippen LogP contribution in [0.4, 0.5) is 4.39 Å². The molecular formula is C13H18BrFN2. The average Bonchev–Trinajstić information content (AvgIpc) is 2.48. The topological polar surface area (TPSA) is 15.3 Å². The quantitative estimate of drug-likeness (QED) is 0.903. The lowest BCUT2D eigenvalue weighted by Gasteiger charge is -2.22. The van der Waals surface area contributed by atoms with Crippen molar-refractivity contribution in [2.75, 3.05) is 19.6 Å². The minimum Gasteiger partial charge on any atom is -0.313 e. The van der Waals surface area contributed by atoms with Gasteiger partial charge in [0, 0.05) is 29.2 Å². The van der Waals surface area contributed by atoms with Crippen LogP contribution in [0.5, 0.6) is 0 Å². The summed E-state index contributed by atoms with van der Waals surface area (Å²) < 4.78 is 14.6. The first kappa shape index (κ1) is 13.0. The summed E-state index contributed by atoms with van der Waals surface area (Å²) in [4.78, 5) is 2.32. The molecular weight excluding hydrogens is 283 g/mol. The van der Waals surface area contributed by atoms with Gasteiger partial charge in [-0.05, 0) is 44.6 Å². The van der Waals surface area contributed by atoms with Crippen LogP contribution in [0.2, 0.25) is 0 Å². The minimum absolute atomic E-state index is 0.113. The fraction of sp³-hybridized carbons (Fsp3) is 0.538. The van der Waals surface area contributed by atoms with Crippen molar-refractivity contribution < 1.29 is 4.39 Å². The molecule has 0 amide bonds. The Morgan fingerprint density at radius 2 is 2.35 bits per heavy atom. The lowest BCUT2D eigenvalue weighted by Crippen LogP contribution is -2.35. The second kappa shape index (κ2) is 5.94. The van der Waals surface area contributed by atoms with E-state index in [2.05, 4.69) is 33.1 Å². The number of rotatable bonds is 2. The van der Waals surface area contributed by atoms with E-state index in [1.807, 2.05) is 6.07 Å². The van der Waals surface area contributed by atoms with Crippen molar-refractivity contribution in [2.45, 2.75) is 25.9 Å². The van der Waals surface area contributed by atoms with Crippen molar-refractivity contribution in [2.24, 2.45) is 0 Å². The smallest absolute Gasteiger partial charge is 0.127 e. The third-order valence-electron chi connectivity index (χ3n) is 3.08. The Kier molecular flexibility index (Phi) is 4.54. The zero-order valence-electron chi connectivity index (χ0n) is 10.0. The highest BCUT2D eigenvalue weighted by Crippen LogP contribution is 2.18. The van der Waals surface area contributed by atoms with Gasteiger partial charge in [0.1, 0.15) is 5.82 Å². The van der Waals surface area contributed by atoms with E-state index in [0.717, 1.165) is 36.1 Å². The monoisotopic (exact) mass is 300 g/mol. The molecule has 1 aliphatic heterocycles. The van der Waals surface area contributed by atoms with Gasteiger partial charge in [-0.15, -0.1) is 0 Å². The molecule has 0 aliphatic carbocycles. The van der Waals surface area contributed by atoms with Crippen LogP contribution in [0.3, 0.4) is 0 Å². The summed E-state index contributed by atoms with van der Waals surface area (Å²) in [7, 11) is 0. The van der Waals surface area contributed by atoms with Crippen molar-refractivity contribution in [1.29, 1.82) is 0 Å². The standard InChI is InChI=1S/C13H18BrFN2/c1-10-8-17(6-2-5-16-10)9-11-7-12(14)3-4-13(11)15/h3-4,7,10,16H,2,5-6,8-9H2,1H3. The fourth-order valence-electron chi connectivity index (χ4n) is 2.24. The maximum atomic E-state index is 13.7. The van der Waals surface area contributed by atoms with E-state index in [4.69, 9.17) is 0 Å². The maximum absolute atomic E-state index is 13.7. The number of nitrogens with one attached hydrogen (secondary N) is 1. The van der Waals surface area contributed by atoms with Gasteiger partial charge >= 0.3 is 0 Å². The van der Waals surface area contributed by atoms with Crippen molar-refractivity contribution in [3.8, 4) is 0 Å². The average molecular weight is 301 g/mol. The van der Waals surface area contributed by atoms with Crippen molar-refractivity contribution in [1.82, 2.24) is 10.2 Å². The molecule has 17 heavy (non-hydrogen) atoms. The van der Waals surface area contributed by atoms with Crippen LogP contribution in [0.15, 0.2) is 22.7 Å². The highest BCUT2D eigenvalue weighted by Gasteiger charge is 2.15. The highest BCUT2D eigenvalue weighted by atomic mass is 79.9. The molecule has 1 aromatic carbocycles. The van der Waals surface area contributed by atoms with E-state index in [0.29, 0.717) is 12.6 Å². The molecule has 4 heteroatoms. The Morgan fingerprint density at radius 3 is 3.18 bits per heavy atom. The first-order valence-corrected chi connectivity index (χ1v) is 6.84. The number of hydrogen-bond acceptors (Lipinski definition) is 2. The summed E-state index contributed by atoms with van der Waals surface area (Å²) in [5.41, 5.74) is 0.772. The van der Waals surface area contributed by atoms with Crippen molar-refractivity contribution >= 4 is 15.9 Å². The van der Waals surface area contributed by atoms with Gasteiger partial charge < -0.3 is 5.32 Å². The van der Waals surface area contributed by atoms with Crippen LogP contribution in [-0.2, 0) is 6.54 Å². The summed E-state index contributed by atoms with van der Waals surface area (Å²) in [5, 5.41) is 3.44. The predicted molar refractivity (Wildman–Crippen MR) is 71.5 cm³/mol. The minimum atomic E-state index is -0.113. The first-order chi connectivity index (χ1) is 8.15. The number of nitrogens with zero attached hydrogens (tertiary/aromatic N) is 1. The third kappa shape index (κ3) is 3.76. The summed E-state index contributed by atoms with van der Waals surface area (Å²) in [6, 6.07) is 5.62. The van der Waals surface area contributed by atoms with Crippen molar-refractivity contribution in [3.63, 3.8) is 0 Å². The lowest BCUT2D eigenvalue weighted by molar-refractivity contribution is 0.261. The van der Waals surface area contributed by atoms with E-state index in [1.165, 1.54) is 6.07 Å². The molecule has 1 saturated heterocycles. The lowest BCUT2D eigenvalue weighted by atomic mass is 10.2. The summed E-state index contributed by atoms with van der Waals surface area (Å²) in [5.74, 6) is -0.113. The molecule has 1 atom stereocenters. The maximum Gasteiger partial charge on any atom is 0.127 e. The molecule has 94 valence electrons. The van der Waals surface area contributed by atoms with E-state index >= 15 is 0 Å². The molecule has 2 nitrogen and oxygen atoms in total. The third-order valence-corrected chi connectivity index (χ3v) is 3.57. The Morgan fingerprint density at radius 1 is 1.53 bits per heavy atom. The van der Waals surface area contributed by atoms with E-state index in [9.17, 15) is 4.39 Å². The molecule has 2 rings (SSSR count).